The first-order chi connectivity index (χ1) is 16.6. The summed E-state index contributed by atoms with van der Waals surface area (Å²) in [5.41, 5.74) is 3.14. The van der Waals surface area contributed by atoms with E-state index in [1.165, 1.54) is 0 Å². The third-order valence-corrected chi connectivity index (χ3v) is 6.60. The first-order valence-electron chi connectivity index (χ1n) is 11.6. The maximum absolute atomic E-state index is 13.3. The minimum absolute atomic E-state index is 0.0123. The Labute approximate surface area is 198 Å². The van der Waals surface area contributed by atoms with Gasteiger partial charge >= 0.3 is 0 Å². The van der Waals surface area contributed by atoms with Crippen molar-refractivity contribution in [2.24, 2.45) is 0 Å². The summed E-state index contributed by atoms with van der Waals surface area (Å²) < 4.78 is 5.14. The molecule has 7 nitrogen and oxygen atoms in total. The fourth-order valence-electron chi connectivity index (χ4n) is 4.94. The number of benzene rings is 3. The Kier molecular flexibility index (Phi) is 6.02. The van der Waals surface area contributed by atoms with Crippen LogP contribution in [0.1, 0.15) is 35.2 Å². The standard InChI is InChI=1S/C27H27N3O4/c1-34-16-6-15-29-22-12-11-21(19-9-5-10-20(25(19)22)27(29)33)28-26(32)23-13-14-24(31)30(23)17-18-7-3-2-4-8-18/h2-5,7-12,23H,6,13-17H2,1H3,(H,28,32). The van der Waals surface area contributed by atoms with E-state index < -0.39 is 6.04 Å². The number of ether oxygens (including phenoxy) is 1. The normalized spacial score (nSPS) is 17.1. The van der Waals surface area contributed by atoms with Gasteiger partial charge in [-0.2, -0.15) is 0 Å². The van der Waals surface area contributed by atoms with Crippen LogP contribution in [0.25, 0.3) is 10.8 Å². The summed E-state index contributed by atoms with van der Waals surface area (Å²) in [6.07, 6.45) is 1.59. The molecule has 1 fully saturated rings. The number of amides is 3. The van der Waals surface area contributed by atoms with Crippen molar-refractivity contribution in [1.82, 2.24) is 4.90 Å². The second-order valence-electron chi connectivity index (χ2n) is 8.71. The van der Waals surface area contributed by atoms with E-state index in [1.54, 1.807) is 16.9 Å². The highest BCUT2D eigenvalue weighted by molar-refractivity contribution is 6.27. The second kappa shape index (κ2) is 9.27. The topological polar surface area (TPSA) is 79.0 Å². The van der Waals surface area contributed by atoms with Crippen LogP contribution in [-0.4, -0.2) is 48.9 Å². The van der Waals surface area contributed by atoms with Gasteiger partial charge in [-0.3, -0.25) is 14.4 Å². The summed E-state index contributed by atoms with van der Waals surface area (Å²) >= 11 is 0. The second-order valence-corrected chi connectivity index (χ2v) is 8.71. The number of rotatable bonds is 8. The van der Waals surface area contributed by atoms with Crippen molar-refractivity contribution >= 4 is 39.9 Å². The molecule has 7 heteroatoms. The largest absolute Gasteiger partial charge is 0.385 e. The van der Waals surface area contributed by atoms with Crippen LogP contribution in [0.3, 0.4) is 0 Å². The molecule has 2 aliphatic rings. The molecule has 174 valence electrons. The molecule has 1 unspecified atom stereocenters. The highest BCUT2D eigenvalue weighted by Gasteiger charge is 2.36. The SMILES string of the molecule is COCCCN1C(=O)c2cccc3c(NC(=O)C4CCC(=O)N4Cc4ccccc4)ccc1c23. The Balaban J connectivity index is 1.40. The van der Waals surface area contributed by atoms with Crippen molar-refractivity contribution in [2.75, 3.05) is 30.5 Å². The van der Waals surface area contributed by atoms with E-state index in [-0.39, 0.29) is 17.7 Å². The average Bonchev–Trinajstić information content (AvgIpc) is 3.35. The molecule has 2 heterocycles. The van der Waals surface area contributed by atoms with Crippen molar-refractivity contribution in [3.05, 3.63) is 71.8 Å². The van der Waals surface area contributed by atoms with Crippen molar-refractivity contribution in [3.63, 3.8) is 0 Å². The molecule has 1 saturated heterocycles. The van der Waals surface area contributed by atoms with Crippen LogP contribution in [0.15, 0.2) is 60.7 Å². The summed E-state index contributed by atoms with van der Waals surface area (Å²) in [4.78, 5) is 42.3. The maximum Gasteiger partial charge on any atom is 0.258 e. The highest BCUT2D eigenvalue weighted by atomic mass is 16.5. The molecular weight excluding hydrogens is 430 g/mol. The van der Waals surface area contributed by atoms with Crippen molar-refractivity contribution < 1.29 is 19.1 Å². The number of carbonyl (C=O) groups is 3. The lowest BCUT2D eigenvalue weighted by atomic mass is 10.0. The van der Waals surface area contributed by atoms with E-state index in [1.807, 2.05) is 60.7 Å². The highest BCUT2D eigenvalue weighted by Crippen LogP contribution is 2.40. The molecule has 1 atom stereocenters. The zero-order chi connectivity index (χ0) is 23.7. The third kappa shape index (κ3) is 3.92. The number of anilines is 2. The van der Waals surface area contributed by atoms with E-state index >= 15 is 0 Å². The average molecular weight is 458 g/mol. The molecule has 0 spiro atoms. The summed E-state index contributed by atoms with van der Waals surface area (Å²) in [5, 5.41) is 4.72. The van der Waals surface area contributed by atoms with Crippen LogP contribution in [0, 0.1) is 0 Å². The van der Waals surface area contributed by atoms with Gasteiger partial charge in [0, 0.05) is 55.3 Å². The zero-order valence-electron chi connectivity index (χ0n) is 19.1. The van der Waals surface area contributed by atoms with Gasteiger partial charge in [-0.25, -0.2) is 0 Å². The predicted molar refractivity (Wildman–Crippen MR) is 131 cm³/mol. The fraction of sp³-hybridized carbons (Fsp3) is 0.296. The molecule has 1 N–H and O–H groups in total. The molecule has 0 radical (unpaired) electrons. The predicted octanol–water partition coefficient (Wildman–Crippen LogP) is 3.97. The van der Waals surface area contributed by atoms with Crippen LogP contribution in [0.4, 0.5) is 11.4 Å². The van der Waals surface area contributed by atoms with Gasteiger partial charge in [-0.05, 0) is 36.6 Å². The van der Waals surface area contributed by atoms with Gasteiger partial charge in [-0.15, -0.1) is 0 Å². The van der Waals surface area contributed by atoms with Crippen molar-refractivity contribution in [2.45, 2.75) is 31.8 Å². The van der Waals surface area contributed by atoms with E-state index in [0.717, 1.165) is 28.4 Å². The van der Waals surface area contributed by atoms with Gasteiger partial charge in [-0.1, -0.05) is 42.5 Å². The molecule has 5 rings (SSSR count). The Hall–Kier alpha value is -3.71. The van der Waals surface area contributed by atoms with Crippen LogP contribution in [0.2, 0.25) is 0 Å². The minimum Gasteiger partial charge on any atom is -0.385 e. The van der Waals surface area contributed by atoms with Gasteiger partial charge < -0.3 is 19.9 Å². The lowest BCUT2D eigenvalue weighted by molar-refractivity contribution is -0.133. The van der Waals surface area contributed by atoms with Crippen LogP contribution in [-0.2, 0) is 20.9 Å². The molecule has 0 aromatic heterocycles. The first-order valence-corrected chi connectivity index (χ1v) is 11.6. The Morgan fingerprint density at radius 2 is 1.88 bits per heavy atom. The molecule has 2 aliphatic heterocycles. The summed E-state index contributed by atoms with van der Waals surface area (Å²) in [6, 6.07) is 18.5. The molecule has 0 bridgehead atoms. The number of carbonyl (C=O) groups excluding carboxylic acids is 3. The van der Waals surface area contributed by atoms with Crippen LogP contribution >= 0.6 is 0 Å². The summed E-state index contributed by atoms with van der Waals surface area (Å²) in [5.74, 6) is -0.249. The number of likely N-dealkylation sites (tertiary alicyclic amines) is 1. The van der Waals surface area contributed by atoms with Crippen molar-refractivity contribution in [3.8, 4) is 0 Å². The zero-order valence-corrected chi connectivity index (χ0v) is 19.1. The minimum atomic E-state index is -0.525. The molecule has 3 aromatic carbocycles. The Morgan fingerprint density at radius 1 is 1.06 bits per heavy atom. The summed E-state index contributed by atoms with van der Waals surface area (Å²) in [6.45, 7) is 1.56. The van der Waals surface area contributed by atoms with Crippen LogP contribution < -0.4 is 10.2 Å². The first kappa shape index (κ1) is 22.1. The van der Waals surface area contributed by atoms with Gasteiger partial charge in [0.25, 0.3) is 5.91 Å². The molecule has 3 aromatic rings. The summed E-state index contributed by atoms with van der Waals surface area (Å²) in [7, 11) is 1.65. The molecule has 0 aliphatic carbocycles. The number of nitrogens with one attached hydrogen (secondary N) is 1. The number of methoxy groups -OCH3 is 1. The lowest BCUT2D eigenvalue weighted by Gasteiger charge is -2.24. The van der Waals surface area contributed by atoms with Gasteiger partial charge in [0.1, 0.15) is 6.04 Å². The number of hydrogen-bond acceptors (Lipinski definition) is 4. The van der Waals surface area contributed by atoms with Crippen LogP contribution in [0.5, 0.6) is 0 Å². The van der Waals surface area contributed by atoms with Crippen molar-refractivity contribution in [1.29, 1.82) is 0 Å². The van der Waals surface area contributed by atoms with E-state index in [2.05, 4.69) is 5.32 Å². The smallest absolute Gasteiger partial charge is 0.258 e. The van der Waals surface area contributed by atoms with E-state index in [9.17, 15) is 14.4 Å². The van der Waals surface area contributed by atoms with Gasteiger partial charge in [0.15, 0.2) is 0 Å². The number of nitrogens with zero attached hydrogens (tertiary/aromatic N) is 2. The lowest BCUT2D eigenvalue weighted by Crippen LogP contribution is -2.41. The molecule has 34 heavy (non-hydrogen) atoms. The maximum atomic E-state index is 13.3. The Bertz CT molecular complexity index is 1260. The van der Waals surface area contributed by atoms with E-state index in [4.69, 9.17) is 4.74 Å². The molecular formula is C27H27N3O4. The fourth-order valence-corrected chi connectivity index (χ4v) is 4.94. The molecule has 3 amide bonds. The molecule has 0 saturated carbocycles. The Morgan fingerprint density at radius 3 is 2.68 bits per heavy atom. The van der Waals surface area contributed by atoms with E-state index in [0.29, 0.717) is 43.8 Å². The monoisotopic (exact) mass is 457 g/mol. The quantitative estimate of drug-likeness (QED) is 0.519. The number of hydrogen-bond donors (Lipinski definition) is 1. The van der Waals surface area contributed by atoms with Gasteiger partial charge in [0.05, 0.1) is 5.69 Å². The third-order valence-electron chi connectivity index (χ3n) is 6.60. The van der Waals surface area contributed by atoms with Gasteiger partial charge in [0.2, 0.25) is 11.8 Å².